The van der Waals surface area contributed by atoms with E-state index in [2.05, 4.69) is 18.7 Å². The number of anilines is 1. The van der Waals surface area contributed by atoms with E-state index in [1.54, 1.807) is 6.07 Å². The first-order valence-corrected chi connectivity index (χ1v) is 5.98. The SMILES string of the molecule is CC1CC(C)N(c2ccc(C#N)c([N+](=O)[O-])c2)C1. The van der Waals surface area contributed by atoms with Crippen LogP contribution in [0.1, 0.15) is 25.8 Å². The second kappa shape index (κ2) is 4.65. The lowest BCUT2D eigenvalue weighted by atomic mass is 10.1. The molecule has 0 radical (unpaired) electrons. The molecule has 18 heavy (non-hydrogen) atoms. The van der Waals surface area contributed by atoms with Crippen LogP contribution in [0.2, 0.25) is 0 Å². The van der Waals surface area contributed by atoms with Crippen molar-refractivity contribution in [2.24, 2.45) is 5.92 Å². The van der Waals surface area contributed by atoms with Gasteiger partial charge in [0.1, 0.15) is 11.6 Å². The molecule has 5 heteroatoms. The van der Waals surface area contributed by atoms with Crippen LogP contribution in [0.4, 0.5) is 11.4 Å². The molecular weight excluding hydrogens is 230 g/mol. The van der Waals surface area contributed by atoms with Gasteiger partial charge in [-0.1, -0.05) is 6.92 Å². The van der Waals surface area contributed by atoms with Crippen molar-refractivity contribution in [3.8, 4) is 6.07 Å². The summed E-state index contributed by atoms with van der Waals surface area (Å²) in [7, 11) is 0. The van der Waals surface area contributed by atoms with Crippen molar-refractivity contribution in [3.63, 3.8) is 0 Å². The molecule has 5 nitrogen and oxygen atoms in total. The van der Waals surface area contributed by atoms with Gasteiger partial charge in [-0.3, -0.25) is 10.1 Å². The van der Waals surface area contributed by atoms with E-state index >= 15 is 0 Å². The Hall–Kier alpha value is -2.09. The molecule has 1 aromatic rings. The standard InChI is InChI=1S/C13H15N3O2/c1-9-5-10(2)15(8-9)12-4-3-11(7-14)13(6-12)16(17)18/h3-4,6,9-10H,5,8H2,1-2H3. The molecule has 1 aliphatic heterocycles. The molecule has 0 aromatic heterocycles. The van der Waals surface area contributed by atoms with Gasteiger partial charge in [-0.25, -0.2) is 0 Å². The van der Waals surface area contributed by atoms with Crippen LogP contribution in [0.15, 0.2) is 18.2 Å². The van der Waals surface area contributed by atoms with Crippen LogP contribution in [0.3, 0.4) is 0 Å². The minimum atomic E-state index is -0.494. The number of benzene rings is 1. The van der Waals surface area contributed by atoms with Gasteiger partial charge in [0.2, 0.25) is 0 Å². The van der Waals surface area contributed by atoms with E-state index in [0.717, 1.165) is 18.7 Å². The summed E-state index contributed by atoms with van der Waals surface area (Å²) in [5, 5.41) is 19.8. The minimum Gasteiger partial charge on any atom is -0.368 e. The molecular formula is C13H15N3O2. The maximum Gasteiger partial charge on any atom is 0.289 e. The normalized spacial score (nSPS) is 22.8. The Labute approximate surface area is 106 Å². The van der Waals surface area contributed by atoms with E-state index in [4.69, 9.17) is 5.26 Å². The second-order valence-electron chi connectivity index (χ2n) is 4.91. The Bertz CT molecular complexity index is 521. The first-order valence-electron chi connectivity index (χ1n) is 5.98. The summed E-state index contributed by atoms with van der Waals surface area (Å²) in [6.45, 7) is 5.20. The maximum absolute atomic E-state index is 10.9. The number of hydrogen-bond donors (Lipinski definition) is 0. The smallest absolute Gasteiger partial charge is 0.289 e. The average molecular weight is 245 g/mol. The van der Waals surface area contributed by atoms with Gasteiger partial charge < -0.3 is 4.90 Å². The van der Waals surface area contributed by atoms with Gasteiger partial charge in [0, 0.05) is 24.3 Å². The summed E-state index contributed by atoms with van der Waals surface area (Å²) < 4.78 is 0. The third-order valence-corrected chi connectivity index (χ3v) is 3.41. The highest BCUT2D eigenvalue weighted by atomic mass is 16.6. The number of nitrogens with zero attached hydrogens (tertiary/aromatic N) is 3. The van der Waals surface area contributed by atoms with Crippen LogP contribution in [-0.4, -0.2) is 17.5 Å². The number of nitro groups is 1. The van der Waals surface area contributed by atoms with Crippen molar-refractivity contribution in [2.75, 3.05) is 11.4 Å². The van der Waals surface area contributed by atoms with Crippen LogP contribution >= 0.6 is 0 Å². The lowest BCUT2D eigenvalue weighted by Crippen LogP contribution is -2.26. The Kier molecular flexibility index (Phi) is 3.19. The number of rotatable bonds is 2. The van der Waals surface area contributed by atoms with Gasteiger partial charge in [-0.15, -0.1) is 0 Å². The quantitative estimate of drug-likeness (QED) is 0.593. The van der Waals surface area contributed by atoms with Gasteiger partial charge in [0.15, 0.2) is 0 Å². The molecule has 2 atom stereocenters. The van der Waals surface area contributed by atoms with Crippen LogP contribution in [0.5, 0.6) is 0 Å². The largest absolute Gasteiger partial charge is 0.368 e. The zero-order valence-electron chi connectivity index (χ0n) is 10.5. The molecule has 94 valence electrons. The molecule has 1 aliphatic rings. The third-order valence-electron chi connectivity index (χ3n) is 3.41. The average Bonchev–Trinajstić information content (AvgIpc) is 2.67. The highest BCUT2D eigenvalue weighted by molar-refractivity contribution is 5.61. The van der Waals surface area contributed by atoms with Crippen molar-refractivity contribution in [1.29, 1.82) is 5.26 Å². The molecule has 0 amide bonds. The van der Waals surface area contributed by atoms with Crippen molar-refractivity contribution in [3.05, 3.63) is 33.9 Å². The van der Waals surface area contributed by atoms with E-state index in [0.29, 0.717) is 12.0 Å². The molecule has 2 rings (SSSR count). The van der Waals surface area contributed by atoms with E-state index in [-0.39, 0.29) is 11.3 Å². The minimum absolute atomic E-state index is 0.109. The molecule has 1 saturated heterocycles. The van der Waals surface area contributed by atoms with Crippen molar-refractivity contribution in [1.82, 2.24) is 0 Å². The maximum atomic E-state index is 10.9. The van der Waals surface area contributed by atoms with Crippen LogP contribution in [0.25, 0.3) is 0 Å². The zero-order valence-corrected chi connectivity index (χ0v) is 10.5. The zero-order chi connectivity index (χ0) is 13.3. The molecule has 1 aromatic carbocycles. The molecule has 0 aliphatic carbocycles. The first kappa shape index (κ1) is 12.4. The number of nitriles is 1. The monoisotopic (exact) mass is 245 g/mol. The van der Waals surface area contributed by atoms with Gasteiger partial charge in [-0.2, -0.15) is 5.26 Å². The Morgan fingerprint density at radius 2 is 2.22 bits per heavy atom. The second-order valence-corrected chi connectivity index (χ2v) is 4.91. The van der Waals surface area contributed by atoms with Gasteiger partial charge in [0.05, 0.1) is 4.92 Å². The van der Waals surface area contributed by atoms with Crippen molar-refractivity contribution >= 4 is 11.4 Å². The Morgan fingerprint density at radius 3 is 2.72 bits per heavy atom. The Balaban J connectivity index is 2.39. The predicted molar refractivity (Wildman–Crippen MR) is 68.4 cm³/mol. The highest BCUT2D eigenvalue weighted by Crippen LogP contribution is 2.32. The van der Waals surface area contributed by atoms with Crippen molar-refractivity contribution < 1.29 is 4.92 Å². The van der Waals surface area contributed by atoms with E-state index < -0.39 is 4.92 Å². The Morgan fingerprint density at radius 1 is 1.50 bits per heavy atom. The highest BCUT2D eigenvalue weighted by Gasteiger charge is 2.27. The van der Waals surface area contributed by atoms with Crippen molar-refractivity contribution in [2.45, 2.75) is 26.3 Å². The molecule has 1 fully saturated rings. The van der Waals surface area contributed by atoms with Gasteiger partial charge in [-0.05, 0) is 31.4 Å². The summed E-state index contributed by atoms with van der Waals surface area (Å²) in [5.41, 5.74) is 0.836. The summed E-state index contributed by atoms with van der Waals surface area (Å²) in [4.78, 5) is 12.6. The van der Waals surface area contributed by atoms with E-state index in [1.165, 1.54) is 12.1 Å². The first-order chi connectivity index (χ1) is 8.52. The van der Waals surface area contributed by atoms with Crippen LogP contribution in [-0.2, 0) is 0 Å². The number of hydrogen-bond acceptors (Lipinski definition) is 4. The third kappa shape index (κ3) is 2.14. The van der Waals surface area contributed by atoms with E-state index in [9.17, 15) is 10.1 Å². The molecule has 0 saturated carbocycles. The van der Waals surface area contributed by atoms with Gasteiger partial charge in [0.25, 0.3) is 5.69 Å². The summed E-state index contributed by atoms with van der Waals surface area (Å²) in [6, 6.07) is 7.07. The van der Waals surface area contributed by atoms with Crippen LogP contribution < -0.4 is 4.90 Å². The van der Waals surface area contributed by atoms with E-state index in [1.807, 2.05) is 6.07 Å². The molecule has 0 spiro atoms. The lowest BCUT2D eigenvalue weighted by molar-refractivity contribution is -0.385. The fourth-order valence-electron chi connectivity index (χ4n) is 2.60. The predicted octanol–water partition coefficient (Wildman–Crippen LogP) is 2.70. The lowest BCUT2D eigenvalue weighted by Gasteiger charge is -2.23. The molecule has 1 heterocycles. The fourth-order valence-corrected chi connectivity index (χ4v) is 2.60. The fraction of sp³-hybridized carbons (Fsp3) is 0.462. The number of nitro benzene ring substituents is 1. The molecule has 0 N–H and O–H groups in total. The summed E-state index contributed by atoms with van der Waals surface area (Å²) >= 11 is 0. The molecule has 0 bridgehead atoms. The summed E-state index contributed by atoms with van der Waals surface area (Å²) in [5.74, 6) is 0.592. The molecule has 2 unspecified atom stereocenters. The topological polar surface area (TPSA) is 70.2 Å². The van der Waals surface area contributed by atoms with Crippen LogP contribution in [0, 0.1) is 27.4 Å². The van der Waals surface area contributed by atoms with Gasteiger partial charge >= 0.3 is 0 Å². The summed E-state index contributed by atoms with van der Waals surface area (Å²) in [6.07, 6.45) is 1.09.